The molecule has 1 aliphatic heterocycles. The summed E-state index contributed by atoms with van der Waals surface area (Å²) in [5.74, 6) is 0.388. The number of nitrogens with zero attached hydrogens (tertiary/aromatic N) is 1. The normalized spacial score (nSPS) is 16.1. The Morgan fingerprint density at radius 1 is 1.06 bits per heavy atom. The van der Waals surface area contributed by atoms with Gasteiger partial charge in [0.05, 0.1) is 0 Å². The number of hydrogen-bond acceptors (Lipinski definition) is 4. The lowest BCUT2D eigenvalue weighted by molar-refractivity contribution is -0.125. The highest BCUT2D eigenvalue weighted by Crippen LogP contribution is 2.30. The van der Waals surface area contributed by atoms with Crippen LogP contribution in [0.1, 0.15) is 35.2 Å². The number of rotatable bonds is 6. The van der Waals surface area contributed by atoms with E-state index in [1.54, 1.807) is 13.0 Å². The van der Waals surface area contributed by atoms with Crippen LogP contribution in [-0.2, 0) is 16.1 Å². The van der Waals surface area contributed by atoms with Gasteiger partial charge in [-0.3, -0.25) is 4.79 Å². The molecule has 32 heavy (non-hydrogen) atoms. The molecule has 5 heteroatoms. The van der Waals surface area contributed by atoms with Gasteiger partial charge in [-0.25, -0.2) is 9.69 Å². The topological polar surface area (TPSA) is 55.8 Å². The van der Waals surface area contributed by atoms with Crippen molar-refractivity contribution in [2.75, 3.05) is 6.61 Å². The fraction of sp³-hybridized carbons (Fsp3) is 0.185. The fourth-order valence-corrected chi connectivity index (χ4v) is 3.67. The van der Waals surface area contributed by atoms with Crippen LogP contribution in [0.3, 0.4) is 0 Å². The third-order valence-corrected chi connectivity index (χ3v) is 5.45. The van der Waals surface area contributed by atoms with Gasteiger partial charge in [0.15, 0.2) is 0 Å². The lowest BCUT2D eigenvalue weighted by Gasteiger charge is -2.20. The number of benzene rings is 3. The van der Waals surface area contributed by atoms with Crippen molar-refractivity contribution >= 4 is 18.1 Å². The molecule has 0 N–H and O–H groups in total. The van der Waals surface area contributed by atoms with Crippen molar-refractivity contribution in [1.82, 2.24) is 4.90 Å². The Labute approximate surface area is 187 Å². The molecule has 1 fully saturated rings. The van der Waals surface area contributed by atoms with Crippen LogP contribution in [0.15, 0.2) is 84.4 Å². The SMILES string of the molecule is C/C(=C\c1ccc(C)c(OCc2ccccc2)c1)C(=O)N1C(=O)OCC1c1ccccc1. The number of imide groups is 1. The van der Waals surface area contributed by atoms with E-state index in [0.29, 0.717) is 12.2 Å². The standard InChI is InChI=1S/C27H25NO4/c1-19-13-14-22(16-25(19)31-17-21-9-5-3-6-10-21)15-20(2)26(29)28-24(18-32-27(28)30)23-11-7-4-8-12-23/h3-16,24H,17-18H2,1-2H3/b20-15+. The van der Waals surface area contributed by atoms with Crippen LogP contribution in [0.2, 0.25) is 0 Å². The molecule has 4 rings (SSSR count). The number of carbonyl (C=O) groups excluding carboxylic acids is 2. The maximum Gasteiger partial charge on any atom is 0.417 e. The van der Waals surface area contributed by atoms with Crippen LogP contribution >= 0.6 is 0 Å². The number of carbonyl (C=O) groups is 2. The van der Waals surface area contributed by atoms with E-state index in [2.05, 4.69) is 0 Å². The number of amides is 2. The molecule has 3 aromatic rings. The molecule has 0 aliphatic carbocycles. The molecule has 1 unspecified atom stereocenters. The second-order valence-corrected chi connectivity index (χ2v) is 7.81. The Morgan fingerprint density at radius 3 is 2.47 bits per heavy atom. The second kappa shape index (κ2) is 9.52. The smallest absolute Gasteiger partial charge is 0.417 e. The van der Waals surface area contributed by atoms with Crippen LogP contribution in [-0.4, -0.2) is 23.5 Å². The van der Waals surface area contributed by atoms with Gasteiger partial charge in [0.1, 0.15) is 25.0 Å². The van der Waals surface area contributed by atoms with Crippen molar-refractivity contribution in [3.8, 4) is 5.75 Å². The quantitative estimate of drug-likeness (QED) is 0.474. The zero-order chi connectivity index (χ0) is 22.5. The van der Waals surface area contributed by atoms with Gasteiger partial charge in [-0.2, -0.15) is 0 Å². The highest BCUT2D eigenvalue weighted by atomic mass is 16.6. The van der Waals surface area contributed by atoms with Crippen LogP contribution < -0.4 is 4.74 Å². The summed E-state index contributed by atoms with van der Waals surface area (Å²) in [5, 5.41) is 0. The molecule has 0 spiro atoms. The molecule has 0 aromatic heterocycles. The Balaban J connectivity index is 1.52. The first kappa shape index (κ1) is 21.4. The Morgan fingerprint density at radius 2 is 1.75 bits per heavy atom. The summed E-state index contributed by atoms with van der Waals surface area (Å²) in [7, 11) is 0. The summed E-state index contributed by atoms with van der Waals surface area (Å²) in [5.41, 5.74) is 4.23. The predicted octanol–water partition coefficient (Wildman–Crippen LogP) is 5.70. The first-order valence-corrected chi connectivity index (χ1v) is 10.5. The molecular weight excluding hydrogens is 402 g/mol. The third-order valence-electron chi connectivity index (χ3n) is 5.45. The largest absolute Gasteiger partial charge is 0.489 e. The molecule has 0 radical (unpaired) electrons. The highest BCUT2D eigenvalue weighted by molar-refractivity contribution is 6.05. The molecule has 2 amide bonds. The molecule has 1 atom stereocenters. The van der Waals surface area contributed by atoms with Gasteiger partial charge in [0.2, 0.25) is 0 Å². The fourth-order valence-electron chi connectivity index (χ4n) is 3.67. The first-order chi connectivity index (χ1) is 15.5. The molecular formula is C27H25NO4. The van der Waals surface area contributed by atoms with E-state index in [1.165, 1.54) is 4.90 Å². The molecule has 3 aromatic carbocycles. The number of ether oxygens (including phenoxy) is 2. The summed E-state index contributed by atoms with van der Waals surface area (Å²) in [6.45, 7) is 4.31. The zero-order valence-electron chi connectivity index (χ0n) is 18.2. The van der Waals surface area contributed by atoms with E-state index in [0.717, 1.165) is 28.0 Å². The molecule has 0 bridgehead atoms. The van der Waals surface area contributed by atoms with Crippen LogP contribution in [0.4, 0.5) is 4.79 Å². The van der Waals surface area contributed by atoms with E-state index in [4.69, 9.17) is 9.47 Å². The van der Waals surface area contributed by atoms with Gasteiger partial charge in [-0.15, -0.1) is 0 Å². The van der Waals surface area contributed by atoms with E-state index in [1.807, 2.05) is 85.8 Å². The maximum atomic E-state index is 13.1. The van der Waals surface area contributed by atoms with Crippen molar-refractivity contribution in [2.24, 2.45) is 0 Å². The average Bonchev–Trinajstić information content (AvgIpc) is 3.21. The first-order valence-electron chi connectivity index (χ1n) is 10.5. The average molecular weight is 428 g/mol. The Kier molecular flexibility index (Phi) is 6.36. The number of cyclic esters (lactones) is 1. The highest BCUT2D eigenvalue weighted by Gasteiger charge is 2.39. The molecule has 162 valence electrons. The maximum absolute atomic E-state index is 13.1. The van der Waals surface area contributed by atoms with Crippen molar-refractivity contribution < 1.29 is 19.1 Å². The third kappa shape index (κ3) is 4.72. The lowest BCUT2D eigenvalue weighted by atomic mass is 10.0. The van der Waals surface area contributed by atoms with Crippen LogP contribution in [0.25, 0.3) is 6.08 Å². The summed E-state index contributed by atoms with van der Waals surface area (Å²) in [4.78, 5) is 26.6. The van der Waals surface area contributed by atoms with Gasteiger partial charge in [-0.1, -0.05) is 72.8 Å². The summed E-state index contributed by atoms with van der Waals surface area (Å²) in [6.07, 6.45) is 1.15. The van der Waals surface area contributed by atoms with E-state index < -0.39 is 12.1 Å². The summed E-state index contributed by atoms with van der Waals surface area (Å²) in [6, 6.07) is 24.8. The number of hydrogen-bond donors (Lipinski definition) is 0. The van der Waals surface area contributed by atoms with E-state index in [9.17, 15) is 9.59 Å². The minimum atomic E-state index is -0.618. The number of aryl methyl sites for hydroxylation is 1. The second-order valence-electron chi connectivity index (χ2n) is 7.81. The van der Waals surface area contributed by atoms with Crippen molar-refractivity contribution in [2.45, 2.75) is 26.5 Å². The van der Waals surface area contributed by atoms with Gasteiger partial charge in [-0.05, 0) is 48.2 Å². The summed E-state index contributed by atoms with van der Waals surface area (Å²) >= 11 is 0. The Bertz CT molecular complexity index is 1140. The molecule has 1 saturated heterocycles. The van der Waals surface area contributed by atoms with E-state index in [-0.39, 0.29) is 12.5 Å². The molecule has 0 saturated carbocycles. The van der Waals surface area contributed by atoms with Crippen molar-refractivity contribution in [3.63, 3.8) is 0 Å². The summed E-state index contributed by atoms with van der Waals surface area (Å²) < 4.78 is 11.2. The Hall–Kier alpha value is -3.86. The van der Waals surface area contributed by atoms with Gasteiger partial charge in [0.25, 0.3) is 5.91 Å². The van der Waals surface area contributed by atoms with E-state index >= 15 is 0 Å². The van der Waals surface area contributed by atoms with Crippen molar-refractivity contribution in [3.05, 3.63) is 107 Å². The minimum absolute atomic E-state index is 0.157. The van der Waals surface area contributed by atoms with Gasteiger partial charge < -0.3 is 9.47 Å². The van der Waals surface area contributed by atoms with Crippen molar-refractivity contribution in [1.29, 1.82) is 0 Å². The molecule has 1 aliphatic rings. The lowest BCUT2D eigenvalue weighted by Crippen LogP contribution is -2.34. The van der Waals surface area contributed by atoms with Gasteiger partial charge in [0, 0.05) is 5.57 Å². The van der Waals surface area contributed by atoms with Crippen LogP contribution in [0.5, 0.6) is 5.75 Å². The zero-order valence-corrected chi connectivity index (χ0v) is 18.2. The predicted molar refractivity (Wildman–Crippen MR) is 123 cm³/mol. The monoisotopic (exact) mass is 427 g/mol. The van der Waals surface area contributed by atoms with Gasteiger partial charge >= 0.3 is 6.09 Å². The minimum Gasteiger partial charge on any atom is -0.489 e. The molecule has 1 heterocycles. The molecule has 5 nitrogen and oxygen atoms in total. The van der Waals surface area contributed by atoms with Crippen LogP contribution in [0, 0.1) is 6.92 Å².